The van der Waals surface area contributed by atoms with Crippen LogP contribution in [0.2, 0.25) is 0 Å². The molecule has 3 rings (SSSR count). The van der Waals surface area contributed by atoms with E-state index in [2.05, 4.69) is 40.5 Å². The number of aryl methyl sites for hydroxylation is 1. The molecule has 3 aromatic rings. The molecule has 116 valence electrons. The molecule has 0 aliphatic rings. The van der Waals surface area contributed by atoms with Crippen LogP contribution in [0.25, 0.3) is 0 Å². The molecule has 5 nitrogen and oxygen atoms in total. The number of anilines is 5. The van der Waals surface area contributed by atoms with Gasteiger partial charge in [0.2, 0.25) is 0 Å². The molecule has 0 amide bonds. The highest BCUT2D eigenvalue weighted by molar-refractivity contribution is 5.80. The summed E-state index contributed by atoms with van der Waals surface area (Å²) in [5, 5.41) is 6.50. The molecule has 0 bridgehead atoms. The Hall–Kier alpha value is -3.08. The predicted octanol–water partition coefficient (Wildman–Crippen LogP) is 4.16. The second kappa shape index (κ2) is 6.36. The van der Waals surface area contributed by atoms with E-state index in [0.717, 1.165) is 11.4 Å². The summed E-state index contributed by atoms with van der Waals surface area (Å²) < 4.78 is 0. The van der Waals surface area contributed by atoms with Gasteiger partial charge < -0.3 is 16.4 Å². The van der Waals surface area contributed by atoms with Crippen molar-refractivity contribution in [3.05, 3.63) is 66.0 Å². The molecule has 0 saturated carbocycles. The summed E-state index contributed by atoms with van der Waals surface area (Å²) in [5.41, 5.74) is 11.0. The molecular formula is C18H19N5. The number of nitrogens with one attached hydrogen (secondary N) is 2. The van der Waals surface area contributed by atoms with Gasteiger partial charge in [-0.15, -0.1) is 0 Å². The monoisotopic (exact) mass is 305 g/mol. The summed E-state index contributed by atoms with van der Waals surface area (Å²) in [6.45, 7) is 4.14. The highest BCUT2D eigenvalue weighted by Crippen LogP contribution is 2.29. The maximum atomic E-state index is 6.22. The molecule has 0 radical (unpaired) electrons. The third kappa shape index (κ3) is 3.23. The van der Waals surface area contributed by atoms with E-state index < -0.39 is 0 Å². The van der Waals surface area contributed by atoms with Crippen LogP contribution in [-0.2, 0) is 0 Å². The molecule has 1 aromatic heterocycles. The zero-order chi connectivity index (χ0) is 16.2. The van der Waals surface area contributed by atoms with E-state index in [1.165, 1.54) is 17.5 Å². The summed E-state index contributed by atoms with van der Waals surface area (Å²) in [6, 6.07) is 15.9. The average molecular weight is 305 g/mol. The van der Waals surface area contributed by atoms with Crippen LogP contribution < -0.4 is 16.4 Å². The smallest absolute Gasteiger partial charge is 0.159 e. The molecule has 0 saturated heterocycles. The minimum absolute atomic E-state index is 0.484. The number of aromatic nitrogens is 2. The normalized spacial score (nSPS) is 10.3. The van der Waals surface area contributed by atoms with Crippen molar-refractivity contribution in [3.63, 3.8) is 0 Å². The second-order valence-corrected chi connectivity index (χ2v) is 5.35. The minimum atomic E-state index is 0.484. The van der Waals surface area contributed by atoms with Gasteiger partial charge in [0, 0.05) is 11.4 Å². The van der Waals surface area contributed by atoms with Crippen molar-refractivity contribution < 1.29 is 0 Å². The van der Waals surface area contributed by atoms with Crippen molar-refractivity contribution in [2.75, 3.05) is 16.4 Å². The molecule has 23 heavy (non-hydrogen) atoms. The third-order valence-corrected chi connectivity index (χ3v) is 3.78. The number of benzene rings is 2. The summed E-state index contributed by atoms with van der Waals surface area (Å²) >= 11 is 0. The number of rotatable bonds is 4. The number of nitrogens with zero attached hydrogens (tertiary/aromatic N) is 2. The molecule has 0 aliphatic heterocycles. The standard InChI is InChI=1S/C18H19N5/c1-12-7-6-10-15(13(12)2)23-18-16(19)17(20-11-21-18)22-14-8-4-3-5-9-14/h3-11H,19H2,1-2H3,(H2,20,21,22,23). The summed E-state index contributed by atoms with van der Waals surface area (Å²) in [7, 11) is 0. The first-order valence-electron chi connectivity index (χ1n) is 7.41. The van der Waals surface area contributed by atoms with Gasteiger partial charge >= 0.3 is 0 Å². The average Bonchev–Trinajstić information content (AvgIpc) is 2.56. The molecule has 1 heterocycles. The van der Waals surface area contributed by atoms with E-state index in [4.69, 9.17) is 5.73 Å². The van der Waals surface area contributed by atoms with Crippen molar-refractivity contribution in [2.45, 2.75) is 13.8 Å². The lowest BCUT2D eigenvalue weighted by Gasteiger charge is -2.14. The Morgan fingerprint density at radius 1 is 0.826 bits per heavy atom. The lowest BCUT2D eigenvalue weighted by atomic mass is 10.1. The van der Waals surface area contributed by atoms with Crippen LogP contribution in [0, 0.1) is 13.8 Å². The van der Waals surface area contributed by atoms with Crippen LogP contribution in [0.5, 0.6) is 0 Å². The predicted molar refractivity (Wildman–Crippen MR) is 95.4 cm³/mol. The van der Waals surface area contributed by atoms with Crippen molar-refractivity contribution in [1.29, 1.82) is 0 Å². The zero-order valence-corrected chi connectivity index (χ0v) is 13.2. The van der Waals surface area contributed by atoms with Crippen LogP contribution in [0.4, 0.5) is 28.7 Å². The Labute approximate surface area is 135 Å². The summed E-state index contributed by atoms with van der Waals surface area (Å²) in [4.78, 5) is 8.49. The van der Waals surface area contributed by atoms with Crippen molar-refractivity contribution in [3.8, 4) is 0 Å². The minimum Gasteiger partial charge on any atom is -0.393 e. The van der Waals surface area contributed by atoms with E-state index in [0.29, 0.717) is 17.3 Å². The number of hydrogen-bond acceptors (Lipinski definition) is 5. The van der Waals surface area contributed by atoms with E-state index in [1.807, 2.05) is 42.5 Å². The molecule has 0 unspecified atom stereocenters. The molecule has 5 heteroatoms. The fraction of sp³-hybridized carbons (Fsp3) is 0.111. The van der Waals surface area contributed by atoms with E-state index in [1.54, 1.807) is 0 Å². The van der Waals surface area contributed by atoms with Gasteiger partial charge in [-0.25, -0.2) is 9.97 Å². The van der Waals surface area contributed by atoms with Gasteiger partial charge in [0.05, 0.1) is 0 Å². The fourth-order valence-electron chi connectivity index (χ4n) is 2.27. The summed E-state index contributed by atoms with van der Waals surface area (Å²) in [6.07, 6.45) is 1.50. The van der Waals surface area contributed by atoms with Gasteiger partial charge in [0.1, 0.15) is 12.0 Å². The van der Waals surface area contributed by atoms with Gasteiger partial charge in [0.25, 0.3) is 0 Å². The molecule has 4 N–H and O–H groups in total. The fourth-order valence-corrected chi connectivity index (χ4v) is 2.27. The van der Waals surface area contributed by atoms with E-state index in [-0.39, 0.29) is 0 Å². The molecule has 2 aromatic carbocycles. The second-order valence-electron chi connectivity index (χ2n) is 5.35. The Morgan fingerprint density at radius 2 is 1.52 bits per heavy atom. The summed E-state index contributed by atoms with van der Waals surface area (Å²) in [5.74, 6) is 1.17. The van der Waals surface area contributed by atoms with Crippen LogP contribution in [-0.4, -0.2) is 9.97 Å². The maximum Gasteiger partial charge on any atom is 0.159 e. The SMILES string of the molecule is Cc1cccc(Nc2ncnc(Nc3ccccc3)c2N)c1C. The Bertz CT molecular complexity index is 815. The topological polar surface area (TPSA) is 75.9 Å². The lowest BCUT2D eigenvalue weighted by molar-refractivity contribution is 1.17. The first-order chi connectivity index (χ1) is 11.1. The van der Waals surface area contributed by atoms with E-state index in [9.17, 15) is 0 Å². The Kier molecular flexibility index (Phi) is 4.10. The zero-order valence-electron chi connectivity index (χ0n) is 13.2. The van der Waals surface area contributed by atoms with Crippen molar-refractivity contribution in [2.24, 2.45) is 0 Å². The highest BCUT2D eigenvalue weighted by Gasteiger charge is 2.10. The van der Waals surface area contributed by atoms with Gasteiger partial charge in [-0.1, -0.05) is 30.3 Å². The van der Waals surface area contributed by atoms with Crippen LogP contribution in [0.3, 0.4) is 0 Å². The molecule has 0 aliphatic carbocycles. The molecular weight excluding hydrogens is 286 g/mol. The van der Waals surface area contributed by atoms with Crippen LogP contribution >= 0.6 is 0 Å². The van der Waals surface area contributed by atoms with Gasteiger partial charge in [-0.05, 0) is 43.2 Å². The third-order valence-electron chi connectivity index (χ3n) is 3.78. The van der Waals surface area contributed by atoms with Gasteiger partial charge in [-0.2, -0.15) is 0 Å². The first-order valence-corrected chi connectivity index (χ1v) is 7.41. The maximum absolute atomic E-state index is 6.22. The molecule has 0 atom stereocenters. The van der Waals surface area contributed by atoms with Crippen molar-refractivity contribution >= 4 is 28.7 Å². The number of nitrogens with two attached hydrogens (primary N) is 1. The molecule has 0 spiro atoms. The quantitative estimate of drug-likeness (QED) is 0.674. The first kappa shape index (κ1) is 14.8. The lowest BCUT2D eigenvalue weighted by Crippen LogP contribution is -2.06. The number of hydrogen-bond donors (Lipinski definition) is 3. The van der Waals surface area contributed by atoms with Gasteiger partial charge in [-0.3, -0.25) is 0 Å². The van der Waals surface area contributed by atoms with Crippen molar-refractivity contribution in [1.82, 2.24) is 9.97 Å². The van der Waals surface area contributed by atoms with Gasteiger partial charge in [0.15, 0.2) is 11.6 Å². The molecule has 0 fully saturated rings. The largest absolute Gasteiger partial charge is 0.393 e. The number of nitrogen functional groups attached to an aromatic ring is 1. The number of para-hydroxylation sites is 1. The van der Waals surface area contributed by atoms with Crippen LogP contribution in [0.15, 0.2) is 54.9 Å². The van der Waals surface area contributed by atoms with E-state index >= 15 is 0 Å². The Morgan fingerprint density at radius 3 is 2.26 bits per heavy atom. The van der Waals surface area contributed by atoms with Crippen LogP contribution in [0.1, 0.15) is 11.1 Å². The highest BCUT2D eigenvalue weighted by atomic mass is 15.1. The Balaban J connectivity index is 1.89.